The second-order valence-corrected chi connectivity index (χ2v) is 7.64. The molecule has 1 saturated heterocycles. The first-order valence-electron chi connectivity index (χ1n) is 7.63. The van der Waals surface area contributed by atoms with E-state index in [9.17, 15) is 0 Å². The van der Waals surface area contributed by atoms with Crippen molar-refractivity contribution in [3.63, 3.8) is 0 Å². The van der Waals surface area contributed by atoms with E-state index in [-0.39, 0.29) is 0 Å². The van der Waals surface area contributed by atoms with Gasteiger partial charge in [-0.05, 0) is 69.4 Å². The van der Waals surface area contributed by atoms with E-state index in [1.807, 2.05) is 0 Å². The molecule has 1 N–H and O–H groups in total. The highest BCUT2D eigenvalue weighted by atomic mass is 79.9. The van der Waals surface area contributed by atoms with Crippen molar-refractivity contribution in [2.75, 3.05) is 26.7 Å². The van der Waals surface area contributed by atoms with Crippen LogP contribution in [0, 0.1) is 5.41 Å². The molecule has 1 aliphatic rings. The van der Waals surface area contributed by atoms with Crippen molar-refractivity contribution in [2.24, 2.45) is 5.41 Å². The van der Waals surface area contributed by atoms with Gasteiger partial charge in [0.2, 0.25) is 0 Å². The SMILES string of the molecule is CC(Cc1ccc(Br)cc1)NCC1(C)CCN(C)CC1. The molecule has 1 unspecified atom stereocenters. The van der Waals surface area contributed by atoms with Gasteiger partial charge in [-0.3, -0.25) is 0 Å². The zero-order valence-corrected chi connectivity index (χ0v) is 14.5. The zero-order valence-electron chi connectivity index (χ0n) is 13.0. The first-order chi connectivity index (χ1) is 9.47. The van der Waals surface area contributed by atoms with E-state index in [4.69, 9.17) is 0 Å². The van der Waals surface area contributed by atoms with Gasteiger partial charge in [0.1, 0.15) is 0 Å². The van der Waals surface area contributed by atoms with Crippen molar-refractivity contribution in [1.82, 2.24) is 10.2 Å². The minimum absolute atomic E-state index is 0.473. The number of hydrogen-bond donors (Lipinski definition) is 1. The third kappa shape index (κ3) is 4.87. The second kappa shape index (κ2) is 7.06. The van der Waals surface area contributed by atoms with Gasteiger partial charge in [-0.15, -0.1) is 0 Å². The highest BCUT2D eigenvalue weighted by Gasteiger charge is 2.28. The number of nitrogens with zero attached hydrogens (tertiary/aromatic N) is 1. The molecule has 1 fully saturated rings. The van der Waals surface area contributed by atoms with Gasteiger partial charge in [0.05, 0.1) is 0 Å². The highest BCUT2D eigenvalue weighted by Crippen LogP contribution is 2.29. The highest BCUT2D eigenvalue weighted by molar-refractivity contribution is 9.10. The fraction of sp³-hybridized carbons (Fsp3) is 0.647. The number of rotatable bonds is 5. The number of piperidine rings is 1. The standard InChI is InChI=1S/C17H27BrN2/c1-14(12-15-4-6-16(18)7-5-15)19-13-17(2)8-10-20(3)11-9-17/h4-7,14,19H,8-13H2,1-3H3. The first-order valence-corrected chi connectivity index (χ1v) is 8.43. The van der Waals surface area contributed by atoms with Crippen molar-refractivity contribution >= 4 is 15.9 Å². The fourth-order valence-electron chi connectivity index (χ4n) is 2.80. The summed E-state index contributed by atoms with van der Waals surface area (Å²) in [6.07, 6.45) is 3.71. The molecule has 3 heteroatoms. The molecule has 0 amide bonds. The summed E-state index contributed by atoms with van der Waals surface area (Å²) in [5, 5.41) is 3.74. The average Bonchev–Trinajstić information content (AvgIpc) is 2.43. The zero-order chi connectivity index (χ0) is 14.6. The molecule has 2 rings (SSSR count). The summed E-state index contributed by atoms with van der Waals surface area (Å²) in [5.74, 6) is 0. The van der Waals surface area contributed by atoms with Gasteiger partial charge in [-0.25, -0.2) is 0 Å². The van der Waals surface area contributed by atoms with E-state index in [1.54, 1.807) is 0 Å². The Kier molecular flexibility index (Phi) is 5.65. The van der Waals surface area contributed by atoms with Crippen molar-refractivity contribution in [1.29, 1.82) is 0 Å². The lowest BCUT2D eigenvalue weighted by molar-refractivity contribution is 0.134. The van der Waals surface area contributed by atoms with Crippen LogP contribution in [0.15, 0.2) is 28.7 Å². The van der Waals surface area contributed by atoms with E-state index in [2.05, 4.69) is 71.3 Å². The third-order valence-electron chi connectivity index (χ3n) is 4.53. The van der Waals surface area contributed by atoms with Crippen LogP contribution in [-0.2, 0) is 6.42 Å². The molecule has 0 aliphatic carbocycles. The summed E-state index contributed by atoms with van der Waals surface area (Å²) in [4.78, 5) is 2.44. The van der Waals surface area contributed by atoms with Crippen LogP contribution in [0.2, 0.25) is 0 Å². The molecule has 20 heavy (non-hydrogen) atoms. The number of benzene rings is 1. The summed E-state index contributed by atoms with van der Waals surface area (Å²) in [5.41, 5.74) is 1.88. The molecule has 1 aromatic rings. The van der Waals surface area contributed by atoms with Crippen LogP contribution in [-0.4, -0.2) is 37.6 Å². The van der Waals surface area contributed by atoms with E-state index >= 15 is 0 Å². The quantitative estimate of drug-likeness (QED) is 0.880. The van der Waals surface area contributed by atoms with Gasteiger partial charge in [-0.1, -0.05) is 35.0 Å². The van der Waals surface area contributed by atoms with Gasteiger partial charge in [0, 0.05) is 17.1 Å². The van der Waals surface area contributed by atoms with Gasteiger partial charge < -0.3 is 10.2 Å². The molecule has 1 aromatic carbocycles. The number of nitrogens with one attached hydrogen (secondary N) is 1. The Morgan fingerprint density at radius 1 is 1.25 bits per heavy atom. The lowest BCUT2D eigenvalue weighted by Gasteiger charge is -2.38. The molecule has 1 aliphatic heterocycles. The maximum absolute atomic E-state index is 3.74. The fourth-order valence-corrected chi connectivity index (χ4v) is 3.07. The molecular formula is C17H27BrN2. The second-order valence-electron chi connectivity index (χ2n) is 6.73. The molecule has 112 valence electrons. The van der Waals surface area contributed by atoms with Crippen LogP contribution >= 0.6 is 15.9 Å². The Morgan fingerprint density at radius 3 is 2.45 bits per heavy atom. The Bertz CT molecular complexity index is 408. The minimum atomic E-state index is 0.473. The predicted octanol–water partition coefficient (Wildman–Crippen LogP) is 3.70. The van der Waals surface area contributed by atoms with Crippen molar-refractivity contribution in [3.8, 4) is 0 Å². The van der Waals surface area contributed by atoms with E-state index in [0.29, 0.717) is 11.5 Å². The van der Waals surface area contributed by atoms with Crippen LogP contribution < -0.4 is 5.32 Å². The van der Waals surface area contributed by atoms with E-state index in [1.165, 1.54) is 31.5 Å². The summed E-state index contributed by atoms with van der Waals surface area (Å²) < 4.78 is 1.15. The molecule has 0 spiro atoms. The Morgan fingerprint density at radius 2 is 1.85 bits per heavy atom. The number of likely N-dealkylation sites (tertiary alicyclic amines) is 1. The van der Waals surface area contributed by atoms with E-state index in [0.717, 1.165) is 17.4 Å². The molecule has 0 aromatic heterocycles. The Labute approximate surface area is 132 Å². The number of hydrogen-bond acceptors (Lipinski definition) is 2. The maximum Gasteiger partial charge on any atom is 0.0175 e. The Balaban J connectivity index is 1.77. The van der Waals surface area contributed by atoms with Gasteiger partial charge in [0.15, 0.2) is 0 Å². The molecule has 0 bridgehead atoms. The topological polar surface area (TPSA) is 15.3 Å². The van der Waals surface area contributed by atoms with Crippen molar-refractivity contribution in [3.05, 3.63) is 34.3 Å². The lowest BCUT2D eigenvalue weighted by Crippen LogP contribution is -2.44. The summed E-state index contributed by atoms with van der Waals surface area (Å²) in [7, 11) is 2.23. The lowest BCUT2D eigenvalue weighted by atomic mass is 9.80. The molecule has 1 atom stereocenters. The minimum Gasteiger partial charge on any atom is -0.313 e. The van der Waals surface area contributed by atoms with Crippen LogP contribution in [0.3, 0.4) is 0 Å². The van der Waals surface area contributed by atoms with Crippen molar-refractivity contribution < 1.29 is 0 Å². The van der Waals surface area contributed by atoms with Gasteiger partial charge in [0.25, 0.3) is 0 Å². The van der Waals surface area contributed by atoms with Crippen LogP contribution in [0.5, 0.6) is 0 Å². The summed E-state index contributed by atoms with van der Waals surface area (Å²) in [6.45, 7) is 8.33. The summed E-state index contributed by atoms with van der Waals surface area (Å²) in [6, 6.07) is 9.20. The van der Waals surface area contributed by atoms with Crippen molar-refractivity contribution in [2.45, 2.75) is 39.2 Å². The largest absolute Gasteiger partial charge is 0.313 e. The van der Waals surface area contributed by atoms with Gasteiger partial charge in [-0.2, -0.15) is 0 Å². The predicted molar refractivity (Wildman–Crippen MR) is 90.1 cm³/mol. The normalized spacial score (nSPS) is 20.8. The van der Waals surface area contributed by atoms with Crippen LogP contribution in [0.1, 0.15) is 32.3 Å². The number of halogens is 1. The summed E-state index contributed by atoms with van der Waals surface area (Å²) >= 11 is 3.49. The first kappa shape index (κ1) is 16.0. The van der Waals surface area contributed by atoms with Crippen LogP contribution in [0.4, 0.5) is 0 Å². The van der Waals surface area contributed by atoms with E-state index < -0.39 is 0 Å². The molecule has 0 saturated carbocycles. The monoisotopic (exact) mass is 338 g/mol. The maximum atomic E-state index is 3.74. The average molecular weight is 339 g/mol. The smallest absolute Gasteiger partial charge is 0.0175 e. The molecule has 2 nitrogen and oxygen atoms in total. The third-order valence-corrected chi connectivity index (χ3v) is 5.06. The molecule has 0 radical (unpaired) electrons. The molecule has 1 heterocycles. The molecular weight excluding hydrogens is 312 g/mol. The van der Waals surface area contributed by atoms with Crippen LogP contribution in [0.25, 0.3) is 0 Å². The van der Waals surface area contributed by atoms with Gasteiger partial charge >= 0.3 is 0 Å². The Hall–Kier alpha value is -0.380.